The molecule has 2 aromatic heterocycles. The second-order valence-electron chi connectivity index (χ2n) is 5.02. The van der Waals surface area contributed by atoms with E-state index in [9.17, 15) is 4.79 Å². The average Bonchev–Trinajstić information content (AvgIpc) is 2.78. The van der Waals surface area contributed by atoms with Gasteiger partial charge in [-0.05, 0) is 12.1 Å². The van der Waals surface area contributed by atoms with Gasteiger partial charge in [0.2, 0.25) is 5.88 Å². The van der Waals surface area contributed by atoms with Crippen LogP contribution in [-0.2, 0) is 5.41 Å². The summed E-state index contributed by atoms with van der Waals surface area (Å²) >= 11 is 5.60. The highest BCUT2D eigenvalue weighted by Crippen LogP contribution is 2.23. The zero-order valence-corrected chi connectivity index (χ0v) is 11.5. The first-order valence-electron chi connectivity index (χ1n) is 5.64. The Labute approximate surface area is 115 Å². The molecule has 0 aliphatic heterocycles. The molecule has 19 heavy (non-hydrogen) atoms. The zero-order valence-electron chi connectivity index (χ0n) is 10.8. The number of carbonyl (C=O) groups is 1. The fourth-order valence-electron chi connectivity index (χ4n) is 1.30. The van der Waals surface area contributed by atoms with E-state index in [0.717, 1.165) is 5.69 Å². The van der Waals surface area contributed by atoms with Gasteiger partial charge in [-0.1, -0.05) is 37.5 Å². The third-order valence-electron chi connectivity index (χ3n) is 2.38. The van der Waals surface area contributed by atoms with E-state index < -0.39 is 5.91 Å². The highest BCUT2D eigenvalue weighted by Gasteiger charge is 2.20. The van der Waals surface area contributed by atoms with Crippen molar-refractivity contribution < 1.29 is 9.32 Å². The molecule has 1 N–H and O–H groups in total. The predicted octanol–water partition coefficient (Wildman–Crippen LogP) is 2.67. The van der Waals surface area contributed by atoms with Crippen molar-refractivity contribution in [2.45, 2.75) is 26.2 Å². The maximum Gasteiger partial charge on any atom is 0.278 e. The summed E-state index contributed by atoms with van der Waals surface area (Å²) in [4.78, 5) is 11.8. The van der Waals surface area contributed by atoms with Gasteiger partial charge in [-0.25, -0.2) is 0 Å². The summed E-state index contributed by atoms with van der Waals surface area (Å²) in [5, 5.41) is 14.0. The van der Waals surface area contributed by atoms with Crippen LogP contribution in [0.15, 0.2) is 22.7 Å². The van der Waals surface area contributed by atoms with Crippen LogP contribution in [-0.4, -0.2) is 21.3 Å². The number of nitrogens with zero attached hydrogens (tertiary/aromatic N) is 3. The van der Waals surface area contributed by atoms with Crippen LogP contribution in [0.1, 0.15) is 37.0 Å². The molecule has 0 aliphatic rings. The number of hydrogen-bond donors (Lipinski definition) is 1. The minimum atomic E-state index is -0.430. The molecular formula is C12H13ClN4O2. The first kappa shape index (κ1) is 13.5. The number of halogens is 1. The van der Waals surface area contributed by atoms with Gasteiger partial charge in [-0.2, -0.15) is 0 Å². The summed E-state index contributed by atoms with van der Waals surface area (Å²) in [6.45, 7) is 6.00. The quantitative estimate of drug-likeness (QED) is 0.914. The fraction of sp³-hybridized carbons (Fsp3) is 0.333. The standard InChI is InChI=1S/C12H13ClN4O2/c1-12(2,3)8-6-10(19-17-8)14-11(18)7-4-5-9(13)16-15-7/h4-6H,1-3H3,(H,14,18). The molecule has 100 valence electrons. The van der Waals surface area contributed by atoms with Crippen LogP contribution in [0.3, 0.4) is 0 Å². The monoisotopic (exact) mass is 280 g/mol. The summed E-state index contributed by atoms with van der Waals surface area (Å²) in [7, 11) is 0. The molecule has 0 unspecified atom stereocenters. The SMILES string of the molecule is CC(C)(C)c1cc(NC(=O)c2ccc(Cl)nn2)on1. The zero-order chi connectivity index (χ0) is 14.0. The number of carbonyl (C=O) groups excluding carboxylic acids is 1. The lowest BCUT2D eigenvalue weighted by atomic mass is 9.92. The first-order valence-corrected chi connectivity index (χ1v) is 6.02. The highest BCUT2D eigenvalue weighted by atomic mass is 35.5. The van der Waals surface area contributed by atoms with Crippen LogP contribution in [0.4, 0.5) is 5.88 Å². The Balaban J connectivity index is 2.11. The number of amides is 1. The molecule has 7 heteroatoms. The lowest BCUT2D eigenvalue weighted by Crippen LogP contribution is -2.14. The summed E-state index contributed by atoms with van der Waals surface area (Å²) in [5.74, 6) is -0.160. The van der Waals surface area contributed by atoms with E-state index in [4.69, 9.17) is 16.1 Å². The van der Waals surface area contributed by atoms with E-state index in [1.807, 2.05) is 20.8 Å². The van der Waals surface area contributed by atoms with Crippen molar-refractivity contribution in [3.8, 4) is 0 Å². The van der Waals surface area contributed by atoms with Crippen LogP contribution < -0.4 is 5.32 Å². The smallest absolute Gasteiger partial charge is 0.278 e. The molecule has 0 saturated heterocycles. The summed E-state index contributed by atoms with van der Waals surface area (Å²) in [6.07, 6.45) is 0. The number of anilines is 1. The van der Waals surface area contributed by atoms with Crippen molar-refractivity contribution in [1.82, 2.24) is 15.4 Å². The van der Waals surface area contributed by atoms with Gasteiger partial charge in [-0.3, -0.25) is 10.1 Å². The molecule has 0 fully saturated rings. The second kappa shape index (κ2) is 4.97. The van der Waals surface area contributed by atoms with Gasteiger partial charge in [0.05, 0.1) is 5.69 Å². The Bertz CT molecular complexity index is 587. The Hall–Kier alpha value is -1.95. The number of rotatable bonds is 2. The van der Waals surface area contributed by atoms with Crippen LogP contribution in [0.25, 0.3) is 0 Å². The fourth-order valence-corrected chi connectivity index (χ4v) is 1.40. The highest BCUT2D eigenvalue weighted by molar-refractivity contribution is 6.29. The largest absolute Gasteiger partial charge is 0.338 e. The summed E-state index contributed by atoms with van der Waals surface area (Å²) < 4.78 is 5.05. The Morgan fingerprint density at radius 3 is 2.58 bits per heavy atom. The molecule has 1 amide bonds. The minimum Gasteiger partial charge on any atom is -0.338 e. The molecule has 0 aliphatic carbocycles. The van der Waals surface area contributed by atoms with Crippen molar-refractivity contribution in [3.05, 3.63) is 34.7 Å². The molecule has 0 atom stereocenters. The predicted molar refractivity (Wildman–Crippen MR) is 70.2 cm³/mol. The Morgan fingerprint density at radius 1 is 1.32 bits per heavy atom. The van der Waals surface area contributed by atoms with Crippen LogP contribution in [0.2, 0.25) is 5.15 Å². The summed E-state index contributed by atoms with van der Waals surface area (Å²) in [5.41, 5.74) is 0.759. The third-order valence-corrected chi connectivity index (χ3v) is 2.58. The minimum absolute atomic E-state index is 0.146. The molecule has 6 nitrogen and oxygen atoms in total. The molecule has 0 aromatic carbocycles. The molecule has 2 aromatic rings. The van der Waals surface area contributed by atoms with Gasteiger partial charge < -0.3 is 4.52 Å². The first-order chi connectivity index (χ1) is 8.86. The number of aromatic nitrogens is 3. The van der Waals surface area contributed by atoms with E-state index >= 15 is 0 Å². The Morgan fingerprint density at radius 2 is 2.05 bits per heavy atom. The van der Waals surface area contributed by atoms with Gasteiger partial charge >= 0.3 is 0 Å². The number of nitrogens with one attached hydrogen (secondary N) is 1. The average molecular weight is 281 g/mol. The van der Waals surface area contributed by atoms with Crippen LogP contribution in [0.5, 0.6) is 0 Å². The van der Waals surface area contributed by atoms with Crippen molar-refractivity contribution in [2.24, 2.45) is 0 Å². The molecule has 0 spiro atoms. The van der Waals surface area contributed by atoms with Crippen molar-refractivity contribution >= 4 is 23.4 Å². The van der Waals surface area contributed by atoms with Gasteiger partial charge in [0, 0.05) is 11.5 Å². The molecule has 0 saturated carbocycles. The third kappa shape index (κ3) is 3.29. The van der Waals surface area contributed by atoms with E-state index in [1.165, 1.54) is 12.1 Å². The molecule has 2 rings (SSSR count). The van der Waals surface area contributed by atoms with Crippen molar-refractivity contribution in [3.63, 3.8) is 0 Å². The van der Waals surface area contributed by atoms with Gasteiger partial charge in [0.1, 0.15) is 0 Å². The van der Waals surface area contributed by atoms with Crippen LogP contribution >= 0.6 is 11.6 Å². The van der Waals surface area contributed by atoms with E-state index in [0.29, 0.717) is 0 Å². The maximum atomic E-state index is 11.8. The lowest BCUT2D eigenvalue weighted by molar-refractivity contribution is 0.101. The normalized spacial score (nSPS) is 11.4. The number of hydrogen-bond acceptors (Lipinski definition) is 5. The summed E-state index contributed by atoms with van der Waals surface area (Å²) in [6, 6.07) is 4.65. The second-order valence-corrected chi connectivity index (χ2v) is 5.41. The van der Waals surface area contributed by atoms with Crippen molar-refractivity contribution in [1.29, 1.82) is 0 Å². The van der Waals surface area contributed by atoms with Gasteiger partial charge in [-0.15, -0.1) is 10.2 Å². The van der Waals surface area contributed by atoms with E-state index in [1.54, 1.807) is 6.07 Å². The molecule has 0 bridgehead atoms. The lowest BCUT2D eigenvalue weighted by Gasteiger charge is -2.12. The molecular weight excluding hydrogens is 268 g/mol. The van der Waals surface area contributed by atoms with Gasteiger partial charge in [0.25, 0.3) is 5.91 Å². The molecule has 0 radical (unpaired) electrons. The molecule has 2 heterocycles. The van der Waals surface area contributed by atoms with Crippen LogP contribution in [0, 0.1) is 0 Å². The van der Waals surface area contributed by atoms with E-state index in [2.05, 4.69) is 20.7 Å². The Kier molecular flexibility index (Phi) is 3.53. The van der Waals surface area contributed by atoms with E-state index in [-0.39, 0.29) is 22.1 Å². The van der Waals surface area contributed by atoms with Crippen molar-refractivity contribution in [2.75, 3.05) is 5.32 Å². The topological polar surface area (TPSA) is 80.9 Å². The maximum absolute atomic E-state index is 11.8. The van der Waals surface area contributed by atoms with Gasteiger partial charge in [0.15, 0.2) is 10.8 Å².